The highest BCUT2D eigenvalue weighted by Gasteiger charge is 2.59. The van der Waals surface area contributed by atoms with E-state index in [1.165, 1.54) is 4.90 Å². The van der Waals surface area contributed by atoms with Crippen molar-refractivity contribution in [2.45, 2.75) is 36.2 Å². The number of aliphatic hydroxyl groups is 1. The lowest BCUT2D eigenvalue weighted by Crippen LogP contribution is -2.67. The monoisotopic (exact) mass is 188 g/mol. The molecule has 0 spiro atoms. The van der Waals surface area contributed by atoms with Gasteiger partial charge in [0, 0.05) is 0 Å². The molecular formula is C7H12N2O2S. The predicted octanol–water partition coefficient (Wildman–Crippen LogP) is -0.674. The molecule has 0 aromatic rings. The van der Waals surface area contributed by atoms with Crippen molar-refractivity contribution >= 4 is 17.7 Å². The fraction of sp³-hybridized carbons (Fsp3) is 0.857. The average Bonchev–Trinajstić information content (AvgIpc) is 2.21. The zero-order valence-corrected chi connectivity index (χ0v) is 7.84. The van der Waals surface area contributed by atoms with E-state index in [1.54, 1.807) is 11.8 Å². The zero-order valence-electron chi connectivity index (χ0n) is 7.02. The molecule has 2 saturated heterocycles. The summed E-state index contributed by atoms with van der Waals surface area (Å²) in [4.78, 5) is 12.6. The number of nitrogens with two attached hydrogens (primary N) is 1. The van der Waals surface area contributed by atoms with Crippen molar-refractivity contribution in [2.24, 2.45) is 5.73 Å². The Bertz CT molecular complexity index is 244. The molecule has 5 heteroatoms. The maximum absolute atomic E-state index is 11.2. The topological polar surface area (TPSA) is 66.6 Å². The SMILES string of the molecule is CC1(C)S[C@@H]2[C@H](N)C(=O)N2[C@@H]1O. The van der Waals surface area contributed by atoms with Gasteiger partial charge in [-0.25, -0.2) is 0 Å². The quantitative estimate of drug-likeness (QED) is 0.495. The molecular weight excluding hydrogens is 176 g/mol. The van der Waals surface area contributed by atoms with Gasteiger partial charge in [-0.1, -0.05) is 0 Å². The van der Waals surface area contributed by atoms with Crippen LogP contribution < -0.4 is 5.73 Å². The first kappa shape index (κ1) is 8.34. The van der Waals surface area contributed by atoms with E-state index in [0.717, 1.165) is 0 Å². The highest BCUT2D eigenvalue weighted by molar-refractivity contribution is 8.01. The molecule has 0 saturated carbocycles. The third kappa shape index (κ3) is 0.787. The highest BCUT2D eigenvalue weighted by Crippen LogP contribution is 2.48. The number of carbonyl (C=O) groups is 1. The maximum Gasteiger partial charge on any atom is 0.245 e. The van der Waals surface area contributed by atoms with Crippen LogP contribution in [0.2, 0.25) is 0 Å². The lowest BCUT2D eigenvalue weighted by atomic mass is 10.0. The van der Waals surface area contributed by atoms with Gasteiger partial charge in [0.15, 0.2) is 0 Å². The Balaban J connectivity index is 2.24. The molecule has 4 nitrogen and oxygen atoms in total. The summed E-state index contributed by atoms with van der Waals surface area (Å²) in [5.41, 5.74) is 5.57. The Morgan fingerprint density at radius 2 is 2.25 bits per heavy atom. The number of fused-ring (bicyclic) bond motifs is 1. The number of hydrogen-bond donors (Lipinski definition) is 2. The highest BCUT2D eigenvalue weighted by atomic mass is 32.2. The first-order valence-electron chi connectivity index (χ1n) is 3.89. The Morgan fingerprint density at radius 1 is 1.67 bits per heavy atom. The van der Waals surface area contributed by atoms with Gasteiger partial charge in [0.05, 0.1) is 4.75 Å². The van der Waals surface area contributed by atoms with E-state index in [9.17, 15) is 9.90 Å². The van der Waals surface area contributed by atoms with Gasteiger partial charge in [-0.2, -0.15) is 0 Å². The van der Waals surface area contributed by atoms with Crippen LogP contribution in [0.1, 0.15) is 13.8 Å². The molecule has 2 rings (SSSR count). The van der Waals surface area contributed by atoms with Crippen LogP contribution in [-0.4, -0.2) is 38.3 Å². The molecule has 2 heterocycles. The van der Waals surface area contributed by atoms with Crippen molar-refractivity contribution in [1.29, 1.82) is 0 Å². The number of thioether (sulfide) groups is 1. The first-order chi connectivity index (χ1) is 5.45. The first-order valence-corrected chi connectivity index (χ1v) is 4.77. The second-order valence-corrected chi connectivity index (χ2v) is 5.53. The van der Waals surface area contributed by atoms with Crippen molar-refractivity contribution < 1.29 is 9.90 Å². The van der Waals surface area contributed by atoms with Gasteiger partial charge < -0.3 is 15.7 Å². The fourth-order valence-electron chi connectivity index (χ4n) is 1.61. The van der Waals surface area contributed by atoms with Gasteiger partial charge >= 0.3 is 0 Å². The number of aliphatic hydroxyl groups excluding tert-OH is 1. The minimum Gasteiger partial charge on any atom is -0.372 e. The molecule has 0 radical (unpaired) electrons. The summed E-state index contributed by atoms with van der Waals surface area (Å²) >= 11 is 1.57. The van der Waals surface area contributed by atoms with Crippen molar-refractivity contribution in [3.63, 3.8) is 0 Å². The normalized spacial score (nSPS) is 44.2. The summed E-state index contributed by atoms with van der Waals surface area (Å²) in [6.45, 7) is 3.83. The Kier molecular flexibility index (Phi) is 1.50. The second kappa shape index (κ2) is 2.16. The Labute approximate surface area is 75.1 Å². The molecule has 3 N–H and O–H groups in total. The van der Waals surface area contributed by atoms with E-state index in [2.05, 4.69) is 0 Å². The van der Waals surface area contributed by atoms with Gasteiger partial charge in [0.1, 0.15) is 17.6 Å². The third-order valence-electron chi connectivity index (χ3n) is 2.43. The third-order valence-corrected chi connectivity index (χ3v) is 4.01. The predicted molar refractivity (Wildman–Crippen MR) is 46.3 cm³/mol. The number of hydrogen-bond acceptors (Lipinski definition) is 4. The van der Waals surface area contributed by atoms with Crippen LogP contribution in [0.4, 0.5) is 0 Å². The molecule has 2 fully saturated rings. The molecule has 0 aromatic heterocycles. The Morgan fingerprint density at radius 3 is 2.75 bits per heavy atom. The van der Waals surface area contributed by atoms with Crippen LogP contribution in [0.25, 0.3) is 0 Å². The van der Waals surface area contributed by atoms with Crippen LogP contribution in [0, 0.1) is 0 Å². The number of amides is 1. The standard InChI is InChI=1S/C7H12N2O2S/c1-7(2)6(11)9-4(10)3(8)5(9)12-7/h3,5-6,11H,8H2,1-2H3/t3-,5-,6-/m1/s1. The molecule has 2 aliphatic heterocycles. The molecule has 0 aliphatic carbocycles. The van der Waals surface area contributed by atoms with Crippen LogP contribution in [0.15, 0.2) is 0 Å². The second-order valence-electron chi connectivity index (χ2n) is 3.76. The number of β-lactam (4-membered cyclic amide) rings is 1. The fourth-order valence-corrected chi connectivity index (χ4v) is 3.06. The molecule has 3 atom stereocenters. The number of rotatable bonds is 0. The van der Waals surface area contributed by atoms with Gasteiger partial charge in [-0.15, -0.1) is 11.8 Å². The summed E-state index contributed by atoms with van der Waals surface area (Å²) in [5.74, 6) is -0.134. The molecule has 2 aliphatic rings. The smallest absolute Gasteiger partial charge is 0.245 e. The zero-order chi connectivity index (χ0) is 9.09. The maximum atomic E-state index is 11.2. The van der Waals surface area contributed by atoms with E-state index in [-0.39, 0.29) is 16.0 Å². The number of carbonyl (C=O) groups excluding carboxylic acids is 1. The lowest BCUT2D eigenvalue weighted by Gasteiger charge is -2.40. The molecule has 0 aromatic carbocycles. The summed E-state index contributed by atoms with van der Waals surface area (Å²) in [6.07, 6.45) is -0.681. The van der Waals surface area contributed by atoms with E-state index < -0.39 is 12.3 Å². The largest absolute Gasteiger partial charge is 0.372 e. The summed E-state index contributed by atoms with van der Waals surface area (Å²) in [7, 11) is 0. The van der Waals surface area contributed by atoms with Gasteiger partial charge in [-0.05, 0) is 13.8 Å². The minimum absolute atomic E-state index is 0.0116. The van der Waals surface area contributed by atoms with E-state index in [4.69, 9.17) is 5.73 Å². The van der Waals surface area contributed by atoms with Crippen LogP contribution >= 0.6 is 11.8 Å². The summed E-state index contributed by atoms with van der Waals surface area (Å²) in [6, 6.07) is -0.411. The molecule has 0 bridgehead atoms. The van der Waals surface area contributed by atoms with Gasteiger partial charge in [-0.3, -0.25) is 4.79 Å². The molecule has 68 valence electrons. The van der Waals surface area contributed by atoms with E-state index >= 15 is 0 Å². The summed E-state index contributed by atoms with van der Waals surface area (Å²) in [5, 5.41) is 9.65. The lowest BCUT2D eigenvalue weighted by molar-refractivity contribution is -0.158. The van der Waals surface area contributed by atoms with Crippen molar-refractivity contribution in [2.75, 3.05) is 0 Å². The van der Waals surface area contributed by atoms with Gasteiger partial charge in [0.25, 0.3) is 0 Å². The summed E-state index contributed by atoms with van der Waals surface area (Å²) < 4.78 is -0.283. The van der Waals surface area contributed by atoms with Crippen LogP contribution in [0.5, 0.6) is 0 Å². The van der Waals surface area contributed by atoms with Crippen LogP contribution in [0.3, 0.4) is 0 Å². The average molecular weight is 188 g/mol. The Hall–Kier alpha value is -0.260. The number of nitrogens with zero attached hydrogens (tertiary/aromatic N) is 1. The van der Waals surface area contributed by atoms with Crippen molar-refractivity contribution in [3.8, 4) is 0 Å². The van der Waals surface area contributed by atoms with E-state index in [1.807, 2.05) is 13.8 Å². The van der Waals surface area contributed by atoms with Gasteiger partial charge in [0.2, 0.25) is 5.91 Å². The molecule has 1 amide bonds. The van der Waals surface area contributed by atoms with Crippen molar-refractivity contribution in [3.05, 3.63) is 0 Å². The van der Waals surface area contributed by atoms with E-state index in [0.29, 0.717) is 0 Å². The van der Waals surface area contributed by atoms with Crippen molar-refractivity contribution in [1.82, 2.24) is 4.90 Å². The molecule has 0 unspecified atom stereocenters. The van der Waals surface area contributed by atoms with Crippen LogP contribution in [-0.2, 0) is 4.79 Å². The molecule has 12 heavy (non-hydrogen) atoms. The minimum atomic E-state index is -0.681.